The van der Waals surface area contributed by atoms with Crippen LogP contribution < -0.4 is 0 Å². The fourth-order valence-corrected chi connectivity index (χ4v) is 4.89. The van der Waals surface area contributed by atoms with Crippen molar-refractivity contribution in [2.24, 2.45) is 0 Å². The molecule has 2 aromatic rings. The second kappa shape index (κ2) is 7.36. The zero-order valence-electron chi connectivity index (χ0n) is 14.4. The first-order valence-electron chi connectivity index (χ1n) is 8.04. The average Bonchev–Trinajstić information content (AvgIpc) is 3.09. The third-order valence-corrected chi connectivity index (χ3v) is 6.57. The Hall–Kier alpha value is -2.32. The second-order valence-electron chi connectivity index (χ2n) is 6.14. The number of hydrogen-bond donors (Lipinski definition) is 0. The molecule has 1 atom stereocenters. The molecule has 27 heavy (non-hydrogen) atoms. The highest BCUT2D eigenvalue weighted by molar-refractivity contribution is 7.89. The van der Waals surface area contributed by atoms with Gasteiger partial charge in [0.2, 0.25) is 10.0 Å². The minimum Gasteiger partial charge on any atom is -0.266 e. The molecule has 1 aromatic heterocycles. The molecule has 3 rings (SSSR count). The topological polar surface area (TPSA) is 117 Å². The number of aromatic nitrogens is 1. The molecule has 142 valence electrons. The Bertz CT molecular complexity index is 1070. The lowest BCUT2D eigenvalue weighted by atomic mass is 10.1. The van der Waals surface area contributed by atoms with E-state index in [1.807, 2.05) is 6.07 Å². The van der Waals surface area contributed by atoms with Gasteiger partial charge in [0.1, 0.15) is 4.90 Å². The van der Waals surface area contributed by atoms with E-state index in [2.05, 4.69) is 4.98 Å². The number of nitrogens with zero attached hydrogens (tertiary/aromatic N) is 3. The number of benzene rings is 1. The quantitative estimate of drug-likeness (QED) is 0.687. The first-order chi connectivity index (χ1) is 12.7. The van der Waals surface area contributed by atoms with Crippen LogP contribution in [0.5, 0.6) is 0 Å². The van der Waals surface area contributed by atoms with Crippen molar-refractivity contribution in [3.8, 4) is 17.3 Å². The van der Waals surface area contributed by atoms with Gasteiger partial charge in [0, 0.05) is 24.8 Å². The summed E-state index contributed by atoms with van der Waals surface area (Å²) in [6, 6.07) is 11.9. The molecule has 0 saturated carbocycles. The van der Waals surface area contributed by atoms with Gasteiger partial charge in [-0.3, -0.25) is 9.17 Å². The van der Waals surface area contributed by atoms with Crippen molar-refractivity contribution in [3.05, 3.63) is 48.2 Å². The van der Waals surface area contributed by atoms with Crippen LogP contribution in [-0.4, -0.2) is 51.6 Å². The Morgan fingerprint density at radius 3 is 2.41 bits per heavy atom. The summed E-state index contributed by atoms with van der Waals surface area (Å²) in [5.41, 5.74) is 1.87. The smallest absolute Gasteiger partial charge is 0.264 e. The molecule has 1 unspecified atom stereocenters. The van der Waals surface area contributed by atoms with Crippen LogP contribution in [-0.2, 0) is 24.3 Å². The maximum atomic E-state index is 12.7. The molecule has 1 aromatic carbocycles. The monoisotopic (exact) mass is 407 g/mol. The highest BCUT2D eigenvalue weighted by Gasteiger charge is 2.34. The summed E-state index contributed by atoms with van der Waals surface area (Å²) in [5.74, 6) is 0. The van der Waals surface area contributed by atoms with E-state index >= 15 is 0 Å². The standard InChI is InChI=1S/C17H17N3O5S2/c1-26(21,22)25-15-8-9-20(12-15)27(23,24)16-6-7-17(19-11-16)14-4-2-13(10-18)3-5-14/h2-7,11,15H,8-9,12H2,1H3. The number of rotatable bonds is 5. The molecule has 0 amide bonds. The van der Waals surface area contributed by atoms with Crippen molar-refractivity contribution in [2.45, 2.75) is 17.4 Å². The molecule has 0 radical (unpaired) electrons. The molecule has 2 heterocycles. The second-order valence-corrected chi connectivity index (χ2v) is 9.68. The normalized spacial score (nSPS) is 18.3. The van der Waals surface area contributed by atoms with Crippen LogP contribution in [0.3, 0.4) is 0 Å². The van der Waals surface area contributed by atoms with Crippen LogP contribution in [0.2, 0.25) is 0 Å². The van der Waals surface area contributed by atoms with Gasteiger partial charge >= 0.3 is 0 Å². The van der Waals surface area contributed by atoms with Crippen LogP contribution in [0, 0.1) is 11.3 Å². The highest BCUT2D eigenvalue weighted by Crippen LogP contribution is 2.25. The number of nitriles is 1. The minimum atomic E-state index is -3.78. The van der Waals surface area contributed by atoms with E-state index in [0.29, 0.717) is 17.7 Å². The van der Waals surface area contributed by atoms with E-state index in [1.165, 1.54) is 16.6 Å². The number of sulfonamides is 1. The average molecular weight is 407 g/mol. The third-order valence-electron chi connectivity index (χ3n) is 4.10. The van der Waals surface area contributed by atoms with Gasteiger partial charge in [-0.15, -0.1) is 0 Å². The summed E-state index contributed by atoms with van der Waals surface area (Å²) in [4.78, 5) is 4.23. The molecule has 1 aliphatic heterocycles. The molecule has 0 aliphatic carbocycles. The molecule has 0 spiro atoms. The number of pyridine rings is 1. The Balaban J connectivity index is 1.77. The lowest BCUT2D eigenvalue weighted by Crippen LogP contribution is -2.31. The predicted molar refractivity (Wildman–Crippen MR) is 97.5 cm³/mol. The van der Waals surface area contributed by atoms with Gasteiger partial charge in [-0.2, -0.15) is 18.0 Å². The molecule has 10 heteroatoms. The molecular formula is C17H17N3O5S2. The molecule has 1 aliphatic rings. The van der Waals surface area contributed by atoms with Gasteiger partial charge in [-0.1, -0.05) is 12.1 Å². The van der Waals surface area contributed by atoms with Crippen molar-refractivity contribution in [1.82, 2.24) is 9.29 Å². The number of hydrogen-bond acceptors (Lipinski definition) is 7. The van der Waals surface area contributed by atoms with Crippen molar-refractivity contribution in [3.63, 3.8) is 0 Å². The SMILES string of the molecule is CS(=O)(=O)OC1CCN(S(=O)(=O)c2ccc(-c3ccc(C#N)cc3)nc2)C1. The first-order valence-corrected chi connectivity index (χ1v) is 11.3. The molecule has 8 nitrogen and oxygen atoms in total. The van der Waals surface area contributed by atoms with Gasteiger partial charge in [-0.25, -0.2) is 8.42 Å². The third kappa shape index (κ3) is 4.51. The molecule has 1 fully saturated rings. The van der Waals surface area contributed by atoms with Crippen LogP contribution in [0.15, 0.2) is 47.5 Å². The van der Waals surface area contributed by atoms with E-state index in [4.69, 9.17) is 9.44 Å². The fourth-order valence-electron chi connectivity index (χ4n) is 2.81. The Labute approximate surface area is 158 Å². The van der Waals surface area contributed by atoms with E-state index in [9.17, 15) is 16.8 Å². The summed E-state index contributed by atoms with van der Waals surface area (Å²) in [7, 11) is -7.42. The largest absolute Gasteiger partial charge is 0.266 e. The van der Waals surface area contributed by atoms with Gasteiger partial charge in [0.25, 0.3) is 10.1 Å². The summed E-state index contributed by atoms with van der Waals surface area (Å²) in [6.07, 6.45) is 1.84. The first kappa shape index (κ1) is 19.4. The lowest BCUT2D eigenvalue weighted by molar-refractivity contribution is 0.225. The van der Waals surface area contributed by atoms with Gasteiger partial charge in [-0.05, 0) is 30.7 Å². The van der Waals surface area contributed by atoms with E-state index in [-0.39, 0.29) is 18.0 Å². The zero-order valence-corrected chi connectivity index (χ0v) is 16.1. The van der Waals surface area contributed by atoms with Crippen LogP contribution in [0.1, 0.15) is 12.0 Å². The van der Waals surface area contributed by atoms with Crippen LogP contribution >= 0.6 is 0 Å². The predicted octanol–water partition coefficient (Wildman–Crippen LogP) is 1.36. The van der Waals surface area contributed by atoms with Crippen molar-refractivity contribution in [1.29, 1.82) is 5.26 Å². The van der Waals surface area contributed by atoms with E-state index in [1.54, 1.807) is 30.3 Å². The van der Waals surface area contributed by atoms with Crippen molar-refractivity contribution >= 4 is 20.1 Å². The van der Waals surface area contributed by atoms with Gasteiger partial charge < -0.3 is 0 Å². The maximum absolute atomic E-state index is 12.7. The Kier molecular flexibility index (Phi) is 5.30. The molecule has 0 N–H and O–H groups in total. The van der Waals surface area contributed by atoms with E-state index in [0.717, 1.165) is 11.8 Å². The van der Waals surface area contributed by atoms with E-state index < -0.39 is 26.2 Å². The van der Waals surface area contributed by atoms with Crippen LogP contribution in [0.4, 0.5) is 0 Å². The van der Waals surface area contributed by atoms with Gasteiger partial charge in [0.05, 0.1) is 29.7 Å². The maximum Gasteiger partial charge on any atom is 0.264 e. The zero-order chi connectivity index (χ0) is 19.7. The Morgan fingerprint density at radius 2 is 1.85 bits per heavy atom. The van der Waals surface area contributed by atoms with Crippen molar-refractivity contribution in [2.75, 3.05) is 19.3 Å². The fraction of sp³-hybridized carbons (Fsp3) is 0.294. The summed E-state index contributed by atoms with van der Waals surface area (Å²) in [5, 5.41) is 8.83. The summed E-state index contributed by atoms with van der Waals surface area (Å²) >= 11 is 0. The molecule has 1 saturated heterocycles. The van der Waals surface area contributed by atoms with Crippen LogP contribution in [0.25, 0.3) is 11.3 Å². The summed E-state index contributed by atoms with van der Waals surface area (Å²) in [6.45, 7) is 0.159. The lowest BCUT2D eigenvalue weighted by Gasteiger charge is -2.16. The Morgan fingerprint density at radius 1 is 1.15 bits per heavy atom. The molecular weight excluding hydrogens is 390 g/mol. The molecule has 0 bridgehead atoms. The highest BCUT2D eigenvalue weighted by atomic mass is 32.2. The van der Waals surface area contributed by atoms with Crippen molar-refractivity contribution < 1.29 is 21.0 Å². The summed E-state index contributed by atoms with van der Waals surface area (Å²) < 4.78 is 53.9. The van der Waals surface area contributed by atoms with Gasteiger partial charge in [0.15, 0.2) is 0 Å². The minimum absolute atomic E-state index is 0.0211.